The molecule has 2 rings (SSSR count). The number of aromatic amines is 1. The third kappa shape index (κ3) is 1.64. The molecule has 1 aromatic carbocycles. The van der Waals surface area contributed by atoms with E-state index in [-0.39, 0.29) is 6.61 Å². The molecule has 2 N–H and O–H groups in total. The molecule has 15 heavy (non-hydrogen) atoms. The van der Waals surface area contributed by atoms with Crippen LogP contribution in [0.25, 0.3) is 10.9 Å². The average Bonchev–Trinajstić information content (AvgIpc) is 2.70. The minimum Gasteiger partial charge on any atom is -0.497 e. The maximum Gasteiger partial charge on any atom is 0.146 e. The van der Waals surface area contributed by atoms with E-state index in [1.165, 1.54) is 0 Å². The number of rotatable bonds is 3. The van der Waals surface area contributed by atoms with Crippen LogP contribution < -0.4 is 9.47 Å². The van der Waals surface area contributed by atoms with Crippen molar-refractivity contribution in [3.8, 4) is 11.5 Å². The van der Waals surface area contributed by atoms with Crippen LogP contribution in [0, 0.1) is 0 Å². The summed E-state index contributed by atoms with van der Waals surface area (Å²) in [5.41, 5.74) is 1.64. The molecule has 0 radical (unpaired) electrons. The van der Waals surface area contributed by atoms with Gasteiger partial charge in [0.2, 0.25) is 0 Å². The summed E-state index contributed by atoms with van der Waals surface area (Å²) in [5, 5.41) is 9.99. The summed E-state index contributed by atoms with van der Waals surface area (Å²) in [5.74, 6) is 1.45. The number of H-pyrrole nitrogens is 1. The zero-order chi connectivity index (χ0) is 10.8. The Morgan fingerprint density at radius 2 is 2.00 bits per heavy atom. The van der Waals surface area contributed by atoms with Crippen LogP contribution in [0.4, 0.5) is 0 Å². The first-order valence-corrected chi connectivity index (χ1v) is 4.63. The number of nitrogens with one attached hydrogen (secondary N) is 1. The molecule has 0 atom stereocenters. The van der Waals surface area contributed by atoms with Gasteiger partial charge >= 0.3 is 0 Å². The molecule has 0 saturated heterocycles. The molecule has 4 heteroatoms. The molecule has 0 amide bonds. The predicted molar refractivity (Wildman–Crippen MR) is 57.3 cm³/mol. The number of hydrogen-bond donors (Lipinski definition) is 2. The first kappa shape index (κ1) is 9.86. The summed E-state index contributed by atoms with van der Waals surface area (Å²) < 4.78 is 10.4. The summed E-state index contributed by atoms with van der Waals surface area (Å²) in [6.07, 6.45) is 0. The largest absolute Gasteiger partial charge is 0.497 e. The highest BCUT2D eigenvalue weighted by molar-refractivity contribution is 5.87. The molecule has 0 bridgehead atoms. The van der Waals surface area contributed by atoms with Crippen LogP contribution in [0.3, 0.4) is 0 Å². The van der Waals surface area contributed by atoms with E-state index >= 15 is 0 Å². The van der Waals surface area contributed by atoms with Crippen molar-refractivity contribution in [3.63, 3.8) is 0 Å². The molecule has 1 aromatic heterocycles. The molecule has 4 nitrogen and oxygen atoms in total. The van der Waals surface area contributed by atoms with Crippen molar-refractivity contribution < 1.29 is 14.6 Å². The molecular formula is C11H13NO3. The molecule has 0 saturated carbocycles. The van der Waals surface area contributed by atoms with Crippen LogP contribution >= 0.6 is 0 Å². The molecular weight excluding hydrogens is 194 g/mol. The van der Waals surface area contributed by atoms with Gasteiger partial charge in [0.05, 0.1) is 26.3 Å². The third-order valence-corrected chi connectivity index (χ3v) is 2.35. The van der Waals surface area contributed by atoms with E-state index in [4.69, 9.17) is 14.6 Å². The van der Waals surface area contributed by atoms with Gasteiger partial charge in [-0.25, -0.2) is 0 Å². The molecule has 0 aliphatic heterocycles. The van der Waals surface area contributed by atoms with Crippen molar-refractivity contribution >= 4 is 10.9 Å². The normalized spacial score (nSPS) is 10.6. The fourth-order valence-electron chi connectivity index (χ4n) is 1.61. The van der Waals surface area contributed by atoms with Gasteiger partial charge in [-0.3, -0.25) is 0 Å². The first-order chi connectivity index (χ1) is 7.28. The topological polar surface area (TPSA) is 54.5 Å². The quantitative estimate of drug-likeness (QED) is 0.805. The summed E-state index contributed by atoms with van der Waals surface area (Å²) in [6.45, 7) is -0.0137. The molecule has 0 unspecified atom stereocenters. The Kier molecular flexibility index (Phi) is 2.51. The summed E-state index contributed by atoms with van der Waals surface area (Å²) in [4.78, 5) is 3.09. The summed E-state index contributed by atoms with van der Waals surface area (Å²) in [6, 6.07) is 5.58. The van der Waals surface area contributed by atoms with Crippen LogP contribution in [0.2, 0.25) is 0 Å². The van der Waals surface area contributed by atoms with E-state index in [1.807, 2.05) is 12.1 Å². The van der Waals surface area contributed by atoms with Gasteiger partial charge in [-0.15, -0.1) is 0 Å². The number of aliphatic hydroxyl groups excluding tert-OH is 1. The smallest absolute Gasteiger partial charge is 0.146 e. The minimum atomic E-state index is -0.0137. The van der Waals surface area contributed by atoms with Crippen molar-refractivity contribution in [2.45, 2.75) is 6.61 Å². The van der Waals surface area contributed by atoms with Gasteiger partial charge in [-0.2, -0.15) is 0 Å². The van der Waals surface area contributed by atoms with Gasteiger partial charge in [0, 0.05) is 17.1 Å². The van der Waals surface area contributed by atoms with Crippen molar-refractivity contribution in [2.24, 2.45) is 0 Å². The fourth-order valence-corrected chi connectivity index (χ4v) is 1.61. The molecule has 0 spiro atoms. The van der Waals surface area contributed by atoms with E-state index < -0.39 is 0 Å². The van der Waals surface area contributed by atoms with Crippen LogP contribution in [0.15, 0.2) is 18.2 Å². The van der Waals surface area contributed by atoms with Crippen LogP contribution in [0.1, 0.15) is 5.69 Å². The molecule has 1 heterocycles. The maximum atomic E-state index is 9.03. The van der Waals surface area contributed by atoms with E-state index in [0.29, 0.717) is 5.75 Å². The number of ether oxygens (including phenoxy) is 2. The van der Waals surface area contributed by atoms with Gasteiger partial charge < -0.3 is 19.6 Å². The first-order valence-electron chi connectivity index (χ1n) is 4.63. The maximum absolute atomic E-state index is 9.03. The van der Waals surface area contributed by atoms with Crippen LogP contribution in [0.5, 0.6) is 11.5 Å². The van der Waals surface area contributed by atoms with Gasteiger partial charge in [-0.05, 0) is 12.1 Å². The number of methoxy groups -OCH3 is 2. The van der Waals surface area contributed by atoms with Crippen LogP contribution in [-0.2, 0) is 6.61 Å². The van der Waals surface area contributed by atoms with Crippen molar-refractivity contribution in [3.05, 3.63) is 23.9 Å². The Bertz CT molecular complexity index is 476. The lowest BCUT2D eigenvalue weighted by molar-refractivity contribution is 0.278. The Morgan fingerprint density at radius 3 is 2.60 bits per heavy atom. The number of aliphatic hydroxyl groups is 1. The summed E-state index contributed by atoms with van der Waals surface area (Å²) >= 11 is 0. The van der Waals surface area contributed by atoms with E-state index in [1.54, 1.807) is 20.3 Å². The van der Waals surface area contributed by atoms with Gasteiger partial charge in [0.15, 0.2) is 0 Å². The average molecular weight is 207 g/mol. The highest BCUT2D eigenvalue weighted by Crippen LogP contribution is 2.31. The Morgan fingerprint density at radius 1 is 1.20 bits per heavy atom. The van der Waals surface area contributed by atoms with Crippen molar-refractivity contribution in [1.29, 1.82) is 0 Å². The zero-order valence-corrected chi connectivity index (χ0v) is 8.70. The van der Waals surface area contributed by atoms with Gasteiger partial charge in [0.25, 0.3) is 0 Å². The highest BCUT2D eigenvalue weighted by Gasteiger charge is 2.08. The number of fused-ring (bicyclic) bond motifs is 1. The second kappa shape index (κ2) is 3.82. The Hall–Kier alpha value is -1.68. The predicted octanol–water partition coefficient (Wildman–Crippen LogP) is 1.68. The number of aromatic nitrogens is 1. The van der Waals surface area contributed by atoms with E-state index in [0.717, 1.165) is 22.3 Å². The third-order valence-electron chi connectivity index (χ3n) is 2.35. The SMILES string of the molecule is COc1cc(OC)c2[nH]c(CO)cc2c1. The summed E-state index contributed by atoms with van der Waals surface area (Å²) in [7, 11) is 3.22. The van der Waals surface area contributed by atoms with E-state index in [2.05, 4.69) is 4.98 Å². The lowest BCUT2D eigenvalue weighted by Gasteiger charge is -2.05. The van der Waals surface area contributed by atoms with Crippen LogP contribution in [-0.4, -0.2) is 24.3 Å². The van der Waals surface area contributed by atoms with Gasteiger partial charge in [0.1, 0.15) is 11.5 Å². The Labute approximate surface area is 87.4 Å². The standard InChI is InChI=1S/C11H13NO3/c1-14-9-4-7-3-8(6-13)12-11(7)10(5-9)15-2/h3-5,12-13H,6H2,1-2H3. The second-order valence-corrected chi connectivity index (χ2v) is 3.25. The molecule has 2 aromatic rings. The number of benzene rings is 1. The molecule has 0 aliphatic rings. The highest BCUT2D eigenvalue weighted by atomic mass is 16.5. The molecule has 0 fully saturated rings. The monoisotopic (exact) mass is 207 g/mol. The van der Waals surface area contributed by atoms with Gasteiger partial charge in [-0.1, -0.05) is 0 Å². The Balaban J connectivity index is 2.66. The minimum absolute atomic E-state index is 0.0137. The molecule has 0 aliphatic carbocycles. The zero-order valence-electron chi connectivity index (χ0n) is 8.70. The lowest BCUT2D eigenvalue weighted by Crippen LogP contribution is -1.88. The second-order valence-electron chi connectivity index (χ2n) is 3.25. The fraction of sp³-hybridized carbons (Fsp3) is 0.273. The van der Waals surface area contributed by atoms with Crippen molar-refractivity contribution in [2.75, 3.05) is 14.2 Å². The van der Waals surface area contributed by atoms with E-state index in [9.17, 15) is 0 Å². The van der Waals surface area contributed by atoms with Crippen molar-refractivity contribution in [1.82, 2.24) is 4.98 Å². The molecule has 80 valence electrons. The lowest BCUT2D eigenvalue weighted by atomic mass is 10.2. The number of hydrogen-bond acceptors (Lipinski definition) is 3.